The second-order valence-corrected chi connectivity index (χ2v) is 10.3. The zero-order valence-electron chi connectivity index (χ0n) is 21.1. The van der Waals surface area contributed by atoms with Gasteiger partial charge in [-0.25, -0.2) is 4.98 Å². The number of likely N-dealkylation sites (tertiary alicyclic amines) is 1. The number of benzene rings is 1. The molecule has 1 fully saturated rings. The number of nitrogens with zero attached hydrogens (tertiary/aromatic N) is 3. The molecule has 1 aliphatic rings. The first kappa shape index (κ1) is 25.3. The third kappa shape index (κ3) is 6.45. The average molecular weight is 492 g/mol. The third-order valence-corrected chi connectivity index (χ3v) is 5.98. The van der Waals surface area contributed by atoms with Crippen molar-refractivity contribution in [3.63, 3.8) is 0 Å². The van der Waals surface area contributed by atoms with Crippen molar-refractivity contribution in [1.82, 2.24) is 20.2 Å². The summed E-state index contributed by atoms with van der Waals surface area (Å²) in [6, 6.07) is 9.39. The quantitative estimate of drug-likeness (QED) is 0.351. The van der Waals surface area contributed by atoms with E-state index < -0.39 is 10.9 Å². The highest BCUT2D eigenvalue weighted by Crippen LogP contribution is 2.23. The minimum absolute atomic E-state index is 0.0334. The fourth-order valence-corrected chi connectivity index (χ4v) is 4.07. The topological polar surface area (TPSA) is 128 Å². The van der Waals surface area contributed by atoms with E-state index in [0.717, 1.165) is 37.2 Å². The number of hydrogen-bond donors (Lipinski definition) is 4. The summed E-state index contributed by atoms with van der Waals surface area (Å²) in [7, 11) is 2.10. The van der Waals surface area contributed by atoms with Gasteiger partial charge in [-0.2, -0.15) is 4.98 Å². The Bertz CT molecular complexity index is 1280. The Balaban J connectivity index is 1.34. The van der Waals surface area contributed by atoms with Crippen LogP contribution in [-0.4, -0.2) is 52.5 Å². The minimum atomic E-state index is -0.578. The van der Waals surface area contributed by atoms with E-state index in [9.17, 15) is 14.4 Å². The first-order chi connectivity index (χ1) is 17.1. The van der Waals surface area contributed by atoms with Gasteiger partial charge < -0.3 is 26.2 Å². The number of piperidine rings is 1. The van der Waals surface area contributed by atoms with Crippen molar-refractivity contribution in [2.75, 3.05) is 36.1 Å². The van der Waals surface area contributed by atoms with Crippen molar-refractivity contribution < 1.29 is 4.79 Å². The molecule has 4 rings (SSSR count). The van der Waals surface area contributed by atoms with Gasteiger partial charge in [-0.3, -0.25) is 14.4 Å². The van der Waals surface area contributed by atoms with Gasteiger partial charge in [0.25, 0.3) is 10.9 Å². The highest BCUT2D eigenvalue weighted by atomic mass is 16.2. The first-order valence-electron chi connectivity index (χ1n) is 12.1. The Hall–Kier alpha value is -3.79. The molecule has 0 radical (unpaired) electrons. The normalized spacial score (nSPS) is 15.0. The predicted octanol–water partition coefficient (Wildman–Crippen LogP) is 2.52. The van der Waals surface area contributed by atoms with Gasteiger partial charge in [-0.1, -0.05) is 12.1 Å². The van der Waals surface area contributed by atoms with Crippen LogP contribution in [0.2, 0.25) is 0 Å². The van der Waals surface area contributed by atoms with E-state index in [4.69, 9.17) is 0 Å². The lowest BCUT2D eigenvalue weighted by Crippen LogP contribution is -2.43. The standard InChI is InChI=1S/C26H33N7O3/c1-26(2,3)32-22-21(23(35)24(22)36)30-19-9-12-27-25(31-19)29-17-7-5-16(6-8-17)15-20(34)28-18-10-13-33(4)14-11-18/h5-9,12,18,32H,10-11,13-15H2,1-4H3,(H,28,34)(H2,27,29,30,31). The van der Waals surface area contributed by atoms with Gasteiger partial charge in [0.05, 0.1) is 6.42 Å². The Labute approximate surface area is 210 Å². The van der Waals surface area contributed by atoms with E-state index in [0.29, 0.717) is 18.2 Å². The molecule has 0 aliphatic carbocycles. The van der Waals surface area contributed by atoms with Crippen molar-refractivity contribution in [3.05, 3.63) is 62.5 Å². The molecule has 0 saturated carbocycles. The summed E-state index contributed by atoms with van der Waals surface area (Å²) in [6.07, 6.45) is 3.85. The summed E-state index contributed by atoms with van der Waals surface area (Å²) in [5.41, 5.74) is 0.650. The molecule has 36 heavy (non-hydrogen) atoms. The first-order valence-corrected chi connectivity index (χ1v) is 12.1. The predicted molar refractivity (Wildman–Crippen MR) is 142 cm³/mol. The van der Waals surface area contributed by atoms with Gasteiger partial charge in [0.15, 0.2) is 0 Å². The number of rotatable bonds is 8. The molecule has 2 heterocycles. The molecule has 1 aromatic heterocycles. The fourth-order valence-electron chi connectivity index (χ4n) is 4.07. The average Bonchev–Trinajstić information content (AvgIpc) is 2.83. The summed E-state index contributed by atoms with van der Waals surface area (Å²) < 4.78 is 0. The van der Waals surface area contributed by atoms with E-state index in [1.54, 1.807) is 12.3 Å². The van der Waals surface area contributed by atoms with Gasteiger partial charge in [-0.05, 0) is 77.5 Å². The Kier molecular flexibility index (Phi) is 7.35. The molecule has 1 saturated heterocycles. The molecule has 10 heteroatoms. The zero-order valence-corrected chi connectivity index (χ0v) is 21.1. The van der Waals surface area contributed by atoms with Crippen molar-refractivity contribution >= 4 is 34.7 Å². The zero-order chi connectivity index (χ0) is 25.9. The van der Waals surface area contributed by atoms with Crippen LogP contribution >= 0.6 is 0 Å². The largest absolute Gasteiger partial charge is 0.375 e. The molecule has 1 aliphatic heterocycles. The number of nitrogens with one attached hydrogen (secondary N) is 4. The van der Waals surface area contributed by atoms with E-state index >= 15 is 0 Å². The highest BCUT2D eigenvalue weighted by molar-refractivity contribution is 5.79. The minimum Gasteiger partial charge on any atom is -0.375 e. The number of amides is 1. The van der Waals surface area contributed by atoms with Gasteiger partial charge >= 0.3 is 0 Å². The lowest BCUT2D eigenvalue weighted by atomic mass is 10.0. The molecule has 0 spiro atoms. The summed E-state index contributed by atoms with van der Waals surface area (Å²) in [6.45, 7) is 7.74. The lowest BCUT2D eigenvalue weighted by molar-refractivity contribution is -0.121. The number of hydrogen-bond acceptors (Lipinski definition) is 9. The molecule has 0 atom stereocenters. The van der Waals surface area contributed by atoms with Crippen LogP contribution in [0.4, 0.5) is 28.8 Å². The van der Waals surface area contributed by atoms with Gasteiger partial charge in [0, 0.05) is 23.5 Å². The number of aromatic nitrogens is 2. The van der Waals surface area contributed by atoms with Crippen LogP contribution in [0.5, 0.6) is 0 Å². The van der Waals surface area contributed by atoms with Crippen molar-refractivity contribution in [2.24, 2.45) is 0 Å². The Morgan fingerprint density at radius 2 is 1.67 bits per heavy atom. The van der Waals surface area contributed by atoms with Crippen LogP contribution in [-0.2, 0) is 11.2 Å². The van der Waals surface area contributed by atoms with Crippen molar-refractivity contribution in [3.8, 4) is 0 Å². The monoisotopic (exact) mass is 491 g/mol. The third-order valence-electron chi connectivity index (χ3n) is 5.98. The molecular weight excluding hydrogens is 458 g/mol. The number of carbonyl (C=O) groups excluding carboxylic acids is 1. The molecule has 3 aromatic rings. The van der Waals surface area contributed by atoms with E-state index in [1.807, 2.05) is 45.0 Å². The molecule has 0 bridgehead atoms. The molecule has 190 valence electrons. The van der Waals surface area contributed by atoms with Crippen LogP contribution in [0.3, 0.4) is 0 Å². The molecular formula is C26H33N7O3. The number of carbonyl (C=O) groups is 1. The van der Waals surface area contributed by atoms with Gasteiger partial charge in [-0.15, -0.1) is 0 Å². The van der Waals surface area contributed by atoms with Gasteiger partial charge in [0.2, 0.25) is 11.9 Å². The second-order valence-electron chi connectivity index (χ2n) is 10.3. The maximum absolute atomic E-state index is 12.4. The lowest BCUT2D eigenvalue weighted by Gasteiger charge is -2.29. The number of anilines is 5. The fraction of sp³-hybridized carbons (Fsp3) is 0.423. The summed E-state index contributed by atoms with van der Waals surface area (Å²) in [5, 5.41) is 12.2. The summed E-state index contributed by atoms with van der Waals surface area (Å²) in [4.78, 5) is 47.4. The molecule has 1 amide bonds. The molecule has 0 unspecified atom stereocenters. The summed E-state index contributed by atoms with van der Waals surface area (Å²) in [5.74, 6) is 0.751. The Morgan fingerprint density at radius 3 is 2.33 bits per heavy atom. The van der Waals surface area contributed by atoms with E-state index in [-0.39, 0.29) is 28.9 Å². The van der Waals surface area contributed by atoms with E-state index in [2.05, 4.69) is 43.2 Å². The second kappa shape index (κ2) is 10.4. The highest BCUT2D eigenvalue weighted by Gasteiger charge is 2.25. The van der Waals surface area contributed by atoms with Crippen LogP contribution in [0.1, 0.15) is 39.2 Å². The molecule has 4 N–H and O–H groups in total. The van der Waals surface area contributed by atoms with Crippen LogP contribution in [0, 0.1) is 0 Å². The van der Waals surface area contributed by atoms with Crippen molar-refractivity contribution in [2.45, 2.75) is 51.6 Å². The van der Waals surface area contributed by atoms with Gasteiger partial charge in [0.1, 0.15) is 17.2 Å². The van der Waals surface area contributed by atoms with Crippen LogP contribution in [0.15, 0.2) is 46.1 Å². The SMILES string of the molecule is CN1CCC(NC(=O)Cc2ccc(Nc3nccc(Nc4c(NC(C)(C)C)c(=O)c4=O)n3)cc2)CC1. The molecule has 2 aromatic carbocycles. The smallest absolute Gasteiger partial charge is 0.253 e. The van der Waals surface area contributed by atoms with Crippen LogP contribution in [0.25, 0.3) is 0 Å². The van der Waals surface area contributed by atoms with Crippen LogP contribution < -0.4 is 32.1 Å². The van der Waals surface area contributed by atoms with E-state index in [1.165, 1.54) is 0 Å². The maximum Gasteiger partial charge on any atom is 0.253 e. The van der Waals surface area contributed by atoms with Crippen molar-refractivity contribution in [1.29, 1.82) is 0 Å². The maximum atomic E-state index is 12.4. The summed E-state index contributed by atoms with van der Waals surface area (Å²) >= 11 is 0. The molecule has 10 nitrogen and oxygen atoms in total. The Morgan fingerprint density at radius 1 is 1.00 bits per heavy atom.